The Morgan fingerprint density at radius 1 is 1.21 bits per heavy atom. The lowest BCUT2D eigenvalue weighted by molar-refractivity contribution is 0.152. The summed E-state index contributed by atoms with van der Waals surface area (Å²) in [6, 6.07) is 6.12. The summed E-state index contributed by atoms with van der Waals surface area (Å²) in [5, 5.41) is 0. The van der Waals surface area contributed by atoms with E-state index in [0.29, 0.717) is 5.41 Å². The van der Waals surface area contributed by atoms with Crippen LogP contribution in [0.4, 0.5) is 0 Å². The maximum Gasteiger partial charge on any atom is 0.0543 e. The molecule has 3 nitrogen and oxygen atoms in total. The van der Waals surface area contributed by atoms with Crippen molar-refractivity contribution >= 4 is 0 Å². The second kappa shape index (κ2) is 7.01. The minimum Gasteiger partial charge on any atom is -0.330 e. The van der Waals surface area contributed by atoms with Gasteiger partial charge in [-0.2, -0.15) is 0 Å². The zero-order valence-electron chi connectivity index (χ0n) is 12.1. The topological polar surface area (TPSA) is 42.2 Å². The van der Waals surface area contributed by atoms with E-state index in [1.54, 1.807) is 0 Å². The van der Waals surface area contributed by atoms with Crippen LogP contribution in [0.1, 0.15) is 44.2 Å². The van der Waals surface area contributed by atoms with E-state index in [0.717, 1.165) is 25.3 Å². The lowest BCUT2D eigenvalue weighted by atomic mass is 9.80. The van der Waals surface area contributed by atoms with Crippen molar-refractivity contribution in [3.63, 3.8) is 0 Å². The molecule has 0 atom stereocenters. The number of nitrogens with two attached hydrogens (primary N) is 1. The summed E-state index contributed by atoms with van der Waals surface area (Å²) in [5.41, 5.74) is 7.58. The average molecular weight is 261 g/mol. The quantitative estimate of drug-likeness (QED) is 0.829. The zero-order valence-corrected chi connectivity index (χ0v) is 12.1. The van der Waals surface area contributed by atoms with E-state index in [9.17, 15) is 0 Å². The Hall–Kier alpha value is -0.930. The minimum atomic E-state index is 0.333. The molecule has 19 heavy (non-hydrogen) atoms. The van der Waals surface area contributed by atoms with Crippen LogP contribution in [0.25, 0.3) is 0 Å². The number of hydrogen-bond donors (Lipinski definition) is 1. The molecule has 106 valence electrons. The first-order valence-electron chi connectivity index (χ1n) is 7.53. The molecule has 0 amide bonds. The molecule has 1 fully saturated rings. The van der Waals surface area contributed by atoms with Crippen molar-refractivity contribution < 1.29 is 0 Å². The van der Waals surface area contributed by atoms with Crippen LogP contribution in [0.15, 0.2) is 24.4 Å². The molecule has 0 unspecified atom stereocenters. The van der Waals surface area contributed by atoms with Crippen LogP contribution in [0.5, 0.6) is 0 Å². The Kier molecular flexibility index (Phi) is 5.34. The first-order valence-corrected chi connectivity index (χ1v) is 7.53. The molecule has 2 N–H and O–H groups in total. The molecule has 1 aromatic heterocycles. The normalized spacial score (nSPS) is 19.3. The fourth-order valence-electron chi connectivity index (χ4n) is 3.30. The number of pyridine rings is 1. The molecule has 0 saturated heterocycles. The Morgan fingerprint density at radius 2 is 1.95 bits per heavy atom. The molecule has 0 bridgehead atoms. The fraction of sp³-hybridized carbons (Fsp3) is 0.688. The summed E-state index contributed by atoms with van der Waals surface area (Å²) in [4.78, 5) is 6.80. The van der Waals surface area contributed by atoms with Gasteiger partial charge in [0.15, 0.2) is 0 Å². The predicted octanol–water partition coefficient (Wildman–Crippen LogP) is 2.81. The number of nitrogens with zero attached hydrogens (tertiary/aromatic N) is 2. The highest BCUT2D eigenvalue weighted by molar-refractivity contribution is 5.03. The highest BCUT2D eigenvalue weighted by Gasteiger charge is 2.30. The van der Waals surface area contributed by atoms with Gasteiger partial charge in [-0.15, -0.1) is 0 Å². The highest BCUT2D eigenvalue weighted by atomic mass is 15.1. The summed E-state index contributed by atoms with van der Waals surface area (Å²) in [6.07, 6.45) is 9.89. The second-order valence-electron chi connectivity index (χ2n) is 6.11. The van der Waals surface area contributed by atoms with Crippen LogP contribution < -0.4 is 5.73 Å². The van der Waals surface area contributed by atoms with E-state index in [4.69, 9.17) is 5.73 Å². The van der Waals surface area contributed by atoms with Gasteiger partial charge in [0, 0.05) is 19.3 Å². The van der Waals surface area contributed by atoms with Crippen molar-refractivity contribution in [2.24, 2.45) is 11.1 Å². The van der Waals surface area contributed by atoms with E-state index < -0.39 is 0 Å². The molecular weight excluding hydrogens is 234 g/mol. The van der Waals surface area contributed by atoms with Crippen molar-refractivity contribution in [3.8, 4) is 0 Å². The third-order valence-corrected chi connectivity index (χ3v) is 4.36. The van der Waals surface area contributed by atoms with E-state index in [2.05, 4.69) is 29.1 Å². The van der Waals surface area contributed by atoms with Crippen molar-refractivity contribution in [1.29, 1.82) is 0 Å². The standard InChI is InChI=1S/C16H27N3/c1-19(12-15-8-4-7-11-18-15)14-16(13-17)9-5-2-3-6-10-16/h4,7-8,11H,2-3,5-6,9-10,12-14,17H2,1H3. The Morgan fingerprint density at radius 3 is 2.53 bits per heavy atom. The van der Waals surface area contributed by atoms with Gasteiger partial charge in [0.1, 0.15) is 0 Å². The summed E-state index contributed by atoms with van der Waals surface area (Å²) >= 11 is 0. The van der Waals surface area contributed by atoms with E-state index in [1.807, 2.05) is 12.3 Å². The largest absolute Gasteiger partial charge is 0.330 e. The molecular formula is C16H27N3. The summed E-state index contributed by atoms with van der Waals surface area (Å²) in [6.45, 7) is 2.84. The fourth-order valence-corrected chi connectivity index (χ4v) is 3.30. The van der Waals surface area contributed by atoms with Crippen molar-refractivity contribution in [2.75, 3.05) is 20.1 Å². The first kappa shape index (κ1) is 14.5. The van der Waals surface area contributed by atoms with Crippen LogP contribution in [-0.2, 0) is 6.54 Å². The third kappa shape index (κ3) is 4.29. The van der Waals surface area contributed by atoms with E-state index >= 15 is 0 Å². The molecule has 0 radical (unpaired) electrons. The number of aromatic nitrogens is 1. The molecule has 0 spiro atoms. The van der Waals surface area contributed by atoms with Gasteiger partial charge in [0.2, 0.25) is 0 Å². The number of rotatable bonds is 5. The predicted molar refractivity (Wildman–Crippen MR) is 79.8 cm³/mol. The maximum atomic E-state index is 6.11. The van der Waals surface area contributed by atoms with E-state index in [1.165, 1.54) is 38.5 Å². The average Bonchev–Trinajstić information content (AvgIpc) is 2.66. The van der Waals surface area contributed by atoms with Gasteiger partial charge >= 0.3 is 0 Å². The molecule has 0 aliphatic heterocycles. The molecule has 2 rings (SSSR count). The zero-order chi connectivity index (χ0) is 13.6. The van der Waals surface area contributed by atoms with Crippen LogP contribution in [0.2, 0.25) is 0 Å². The van der Waals surface area contributed by atoms with Gasteiger partial charge in [-0.25, -0.2) is 0 Å². The molecule has 1 saturated carbocycles. The maximum absolute atomic E-state index is 6.11. The van der Waals surface area contributed by atoms with Crippen molar-refractivity contribution in [2.45, 2.75) is 45.1 Å². The molecule has 0 aromatic carbocycles. The van der Waals surface area contributed by atoms with Crippen LogP contribution >= 0.6 is 0 Å². The first-order chi connectivity index (χ1) is 9.24. The van der Waals surface area contributed by atoms with Gasteiger partial charge in [-0.05, 0) is 44.0 Å². The van der Waals surface area contributed by atoms with Gasteiger partial charge in [0.25, 0.3) is 0 Å². The summed E-state index contributed by atoms with van der Waals surface area (Å²) in [7, 11) is 2.19. The lowest BCUT2D eigenvalue weighted by Crippen LogP contribution is -2.40. The van der Waals surface area contributed by atoms with Gasteiger partial charge in [-0.1, -0.05) is 31.7 Å². The van der Waals surface area contributed by atoms with Crippen LogP contribution in [-0.4, -0.2) is 30.0 Å². The van der Waals surface area contributed by atoms with Crippen molar-refractivity contribution in [1.82, 2.24) is 9.88 Å². The molecule has 1 aromatic rings. The monoisotopic (exact) mass is 261 g/mol. The number of hydrogen-bond acceptors (Lipinski definition) is 3. The minimum absolute atomic E-state index is 0.333. The van der Waals surface area contributed by atoms with Gasteiger partial charge < -0.3 is 5.73 Å². The summed E-state index contributed by atoms with van der Waals surface area (Å²) < 4.78 is 0. The third-order valence-electron chi connectivity index (χ3n) is 4.36. The Bertz CT molecular complexity index is 356. The molecule has 1 heterocycles. The SMILES string of the molecule is CN(Cc1ccccn1)CC1(CN)CCCCCC1. The summed E-state index contributed by atoms with van der Waals surface area (Å²) in [5.74, 6) is 0. The van der Waals surface area contributed by atoms with Crippen LogP contribution in [0.3, 0.4) is 0 Å². The van der Waals surface area contributed by atoms with Crippen LogP contribution in [0, 0.1) is 5.41 Å². The Balaban J connectivity index is 1.93. The van der Waals surface area contributed by atoms with Gasteiger partial charge in [0.05, 0.1) is 5.69 Å². The van der Waals surface area contributed by atoms with Gasteiger partial charge in [-0.3, -0.25) is 9.88 Å². The van der Waals surface area contributed by atoms with E-state index in [-0.39, 0.29) is 0 Å². The molecule has 3 heteroatoms. The second-order valence-corrected chi connectivity index (χ2v) is 6.11. The smallest absolute Gasteiger partial charge is 0.0543 e. The lowest BCUT2D eigenvalue weighted by Gasteiger charge is -2.35. The Labute approximate surface area is 117 Å². The highest BCUT2D eigenvalue weighted by Crippen LogP contribution is 2.34. The molecule has 1 aliphatic carbocycles. The van der Waals surface area contributed by atoms with Crippen molar-refractivity contribution in [3.05, 3.63) is 30.1 Å². The molecule has 1 aliphatic rings.